The zero-order valence-electron chi connectivity index (χ0n) is 12.4. The van der Waals surface area contributed by atoms with Gasteiger partial charge in [0.15, 0.2) is 0 Å². The van der Waals surface area contributed by atoms with Crippen LogP contribution in [0.1, 0.15) is 55.8 Å². The maximum absolute atomic E-state index is 12.4. The van der Waals surface area contributed by atoms with Crippen LogP contribution >= 0.6 is 12.4 Å². The number of carbonyl (C=O) groups is 1. The number of amides is 1. The molecule has 0 aliphatic carbocycles. The first-order valence-electron chi connectivity index (χ1n) is 7.15. The summed E-state index contributed by atoms with van der Waals surface area (Å²) in [6.07, 6.45) is 2.03. The van der Waals surface area contributed by atoms with Gasteiger partial charge in [0.1, 0.15) is 0 Å². The van der Waals surface area contributed by atoms with Crippen LogP contribution in [-0.2, 0) is 0 Å². The van der Waals surface area contributed by atoms with Crippen molar-refractivity contribution in [1.29, 1.82) is 0 Å². The highest BCUT2D eigenvalue weighted by molar-refractivity contribution is 5.91. The lowest BCUT2D eigenvalue weighted by Gasteiger charge is -2.33. The Bertz CT molecular complexity index is 432. The van der Waals surface area contributed by atoms with Crippen LogP contribution < -0.4 is 5.32 Å². The van der Waals surface area contributed by atoms with Crippen LogP contribution in [0.25, 0.3) is 0 Å². The molecule has 1 atom stereocenters. The minimum atomic E-state index is -0.0429. The molecule has 0 bridgehead atoms. The van der Waals surface area contributed by atoms with Gasteiger partial charge in [-0.1, -0.05) is 19.0 Å². The lowest BCUT2D eigenvalue weighted by atomic mass is 9.99. The molecule has 1 unspecified atom stereocenters. The molecule has 6 heteroatoms. The van der Waals surface area contributed by atoms with Crippen molar-refractivity contribution in [2.24, 2.45) is 0 Å². The summed E-state index contributed by atoms with van der Waals surface area (Å²) in [7, 11) is 0. The Hall–Kier alpha value is -1.07. The molecule has 0 saturated carbocycles. The summed E-state index contributed by atoms with van der Waals surface area (Å²) in [4.78, 5) is 14.2. The first kappa shape index (κ1) is 17.0. The monoisotopic (exact) mass is 301 g/mol. The molecule has 1 amide bonds. The topological polar surface area (TPSA) is 58.4 Å². The Morgan fingerprint density at radius 1 is 1.55 bits per heavy atom. The zero-order valence-corrected chi connectivity index (χ0v) is 13.2. The molecular weight excluding hydrogens is 278 g/mol. The van der Waals surface area contributed by atoms with Crippen LogP contribution in [0.15, 0.2) is 10.6 Å². The third kappa shape index (κ3) is 3.52. The molecule has 0 radical (unpaired) electrons. The van der Waals surface area contributed by atoms with Crippen molar-refractivity contribution >= 4 is 18.3 Å². The molecule has 5 nitrogen and oxygen atoms in total. The highest BCUT2D eigenvalue weighted by Crippen LogP contribution is 2.23. The fourth-order valence-electron chi connectivity index (χ4n) is 2.57. The normalized spacial score (nSPS) is 19.0. The highest BCUT2D eigenvalue weighted by atomic mass is 35.5. The van der Waals surface area contributed by atoms with E-state index in [0.717, 1.165) is 38.2 Å². The van der Waals surface area contributed by atoms with Gasteiger partial charge in [0, 0.05) is 37.7 Å². The number of hydrogen-bond acceptors (Lipinski definition) is 4. The lowest BCUT2D eigenvalue weighted by molar-refractivity contribution is 0.0613. The van der Waals surface area contributed by atoms with E-state index in [0.29, 0.717) is 11.7 Å². The molecular formula is C14H24ClN3O2. The highest BCUT2D eigenvalue weighted by Gasteiger charge is 2.27. The summed E-state index contributed by atoms with van der Waals surface area (Å²) in [5, 5.41) is 7.33. The van der Waals surface area contributed by atoms with Gasteiger partial charge in [-0.2, -0.15) is 0 Å². The van der Waals surface area contributed by atoms with Gasteiger partial charge in [0.2, 0.25) is 5.76 Å². The van der Waals surface area contributed by atoms with Crippen molar-refractivity contribution in [3.8, 4) is 0 Å². The van der Waals surface area contributed by atoms with Gasteiger partial charge in [0.25, 0.3) is 5.91 Å². The molecule has 1 aliphatic rings. The summed E-state index contributed by atoms with van der Waals surface area (Å²) < 4.78 is 5.25. The second-order valence-electron chi connectivity index (χ2n) is 5.18. The largest absolute Gasteiger partial charge is 0.351 e. The van der Waals surface area contributed by atoms with E-state index < -0.39 is 0 Å². The van der Waals surface area contributed by atoms with E-state index in [2.05, 4.69) is 24.3 Å². The lowest BCUT2D eigenvalue weighted by Crippen LogP contribution is -2.52. The molecule has 0 spiro atoms. The molecule has 1 N–H and O–H groups in total. The molecule has 0 aromatic carbocycles. The maximum Gasteiger partial charge on any atom is 0.292 e. The Morgan fingerprint density at radius 3 is 2.85 bits per heavy atom. The summed E-state index contributed by atoms with van der Waals surface area (Å²) in [6, 6.07) is 2.01. The van der Waals surface area contributed by atoms with Crippen molar-refractivity contribution in [1.82, 2.24) is 15.4 Å². The van der Waals surface area contributed by atoms with Crippen LogP contribution in [-0.4, -0.2) is 41.6 Å². The Balaban J connectivity index is 0.00000200. The van der Waals surface area contributed by atoms with Crippen molar-refractivity contribution in [3.63, 3.8) is 0 Å². The van der Waals surface area contributed by atoms with Crippen molar-refractivity contribution in [2.75, 3.05) is 19.6 Å². The van der Waals surface area contributed by atoms with E-state index >= 15 is 0 Å². The average molecular weight is 302 g/mol. The SMILES string of the molecule is CCC(CC)c1cc(C(=O)N2CCNCC2C)on1.Cl. The number of piperazine rings is 1. The van der Waals surface area contributed by atoms with Gasteiger partial charge in [-0.15, -0.1) is 12.4 Å². The molecule has 1 fully saturated rings. The summed E-state index contributed by atoms with van der Waals surface area (Å²) >= 11 is 0. The van der Waals surface area contributed by atoms with Crippen LogP contribution in [0, 0.1) is 0 Å². The number of nitrogens with one attached hydrogen (secondary N) is 1. The summed E-state index contributed by atoms with van der Waals surface area (Å²) in [5.41, 5.74) is 0.899. The van der Waals surface area contributed by atoms with Gasteiger partial charge >= 0.3 is 0 Å². The first-order valence-corrected chi connectivity index (χ1v) is 7.15. The average Bonchev–Trinajstić information content (AvgIpc) is 2.90. The fraction of sp³-hybridized carbons (Fsp3) is 0.714. The van der Waals surface area contributed by atoms with Gasteiger partial charge in [-0.25, -0.2) is 0 Å². The molecule has 2 heterocycles. The van der Waals surface area contributed by atoms with Gasteiger partial charge < -0.3 is 14.7 Å². The predicted octanol–water partition coefficient (Wildman–Crippen LogP) is 2.43. The molecule has 1 aliphatic heterocycles. The number of carbonyl (C=O) groups excluding carboxylic acids is 1. The second kappa shape index (κ2) is 7.64. The standard InChI is InChI=1S/C14H23N3O2.ClH/c1-4-11(5-2)12-8-13(19-16-12)14(18)17-7-6-15-9-10(17)3;/h8,10-11,15H,4-7,9H2,1-3H3;1H. The number of halogens is 1. The van der Waals surface area contributed by atoms with E-state index in [1.54, 1.807) is 0 Å². The maximum atomic E-state index is 12.4. The first-order chi connectivity index (χ1) is 9.17. The van der Waals surface area contributed by atoms with Gasteiger partial charge in [-0.3, -0.25) is 4.79 Å². The molecule has 2 rings (SSSR count). The van der Waals surface area contributed by atoms with Crippen molar-refractivity contribution < 1.29 is 9.32 Å². The number of hydrogen-bond donors (Lipinski definition) is 1. The predicted molar refractivity (Wildman–Crippen MR) is 80.4 cm³/mol. The Labute approximate surface area is 126 Å². The summed E-state index contributed by atoms with van der Waals surface area (Å²) in [5.74, 6) is 0.708. The van der Waals surface area contributed by atoms with Gasteiger partial charge in [0.05, 0.1) is 5.69 Å². The molecule has 1 aromatic rings. The number of rotatable bonds is 4. The minimum absolute atomic E-state index is 0. The quantitative estimate of drug-likeness (QED) is 0.928. The van der Waals surface area contributed by atoms with Gasteiger partial charge in [-0.05, 0) is 19.8 Å². The van der Waals surface area contributed by atoms with Crippen molar-refractivity contribution in [2.45, 2.75) is 45.6 Å². The fourth-order valence-corrected chi connectivity index (χ4v) is 2.57. The summed E-state index contributed by atoms with van der Waals surface area (Å²) in [6.45, 7) is 8.69. The van der Waals surface area contributed by atoms with E-state index in [1.165, 1.54) is 0 Å². The van der Waals surface area contributed by atoms with Crippen LogP contribution in [0.5, 0.6) is 0 Å². The minimum Gasteiger partial charge on any atom is -0.351 e. The number of nitrogens with zero attached hydrogens (tertiary/aromatic N) is 2. The third-order valence-corrected chi connectivity index (χ3v) is 3.91. The molecule has 1 aromatic heterocycles. The van der Waals surface area contributed by atoms with Crippen LogP contribution in [0.2, 0.25) is 0 Å². The Morgan fingerprint density at radius 2 is 2.25 bits per heavy atom. The molecule has 114 valence electrons. The molecule has 20 heavy (non-hydrogen) atoms. The van der Waals surface area contributed by atoms with E-state index in [-0.39, 0.29) is 24.4 Å². The zero-order chi connectivity index (χ0) is 13.8. The van der Waals surface area contributed by atoms with E-state index in [4.69, 9.17) is 4.52 Å². The van der Waals surface area contributed by atoms with Crippen molar-refractivity contribution in [3.05, 3.63) is 17.5 Å². The second-order valence-corrected chi connectivity index (χ2v) is 5.18. The smallest absolute Gasteiger partial charge is 0.292 e. The Kier molecular flexibility index (Phi) is 6.49. The third-order valence-electron chi connectivity index (χ3n) is 3.91. The molecule has 1 saturated heterocycles. The van der Waals surface area contributed by atoms with Crippen LogP contribution in [0.3, 0.4) is 0 Å². The number of aromatic nitrogens is 1. The van der Waals surface area contributed by atoms with Crippen LogP contribution in [0.4, 0.5) is 0 Å². The van der Waals surface area contributed by atoms with E-state index in [9.17, 15) is 4.79 Å². The van der Waals surface area contributed by atoms with E-state index in [1.807, 2.05) is 17.9 Å².